The van der Waals surface area contributed by atoms with E-state index in [9.17, 15) is 18.0 Å². The predicted octanol–water partition coefficient (Wildman–Crippen LogP) is 4.21. The molecule has 0 bridgehead atoms. The second kappa shape index (κ2) is 15.4. The van der Waals surface area contributed by atoms with Crippen molar-refractivity contribution >= 4 is 45.3 Å². The molecule has 0 unspecified atom stereocenters. The molecule has 9 nitrogen and oxygen atoms in total. The Hall–Kier alpha value is -1.75. The molecule has 0 spiro atoms. The molecule has 0 aliphatic rings. The minimum atomic E-state index is -3.78. The molecule has 1 atom stereocenters. The minimum absolute atomic E-state index is 0.0329. The molecule has 0 aliphatic carbocycles. The van der Waals surface area contributed by atoms with E-state index < -0.39 is 10.0 Å². The first-order valence-corrected chi connectivity index (χ1v) is 14.1. The van der Waals surface area contributed by atoms with Crippen LogP contribution in [0.5, 0.6) is 0 Å². The molecule has 0 radical (unpaired) electrons. The Kier molecular flexibility index (Phi) is 13.7. The third kappa shape index (κ3) is 12.2. The molecule has 0 aliphatic heterocycles. The molecule has 0 fully saturated rings. The van der Waals surface area contributed by atoms with Crippen LogP contribution < -0.4 is 20.7 Å². The number of hydrogen-bond acceptors (Lipinski definition) is 4. The number of carbonyl (C=O) groups excluding carboxylic acids is 2. The number of unbranched alkanes of at least 4 members (excludes halogenated alkanes) is 1. The van der Waals surface area contributed by atoms with Gasteiger partial charge in [0.2, 0.25) is 10.0 Å². The van der Waals surface area contributed by atoms with Gasteiger partial charge in [0.1, 0.15) is 4.90 Å². The van der Waals surface area contributed by atoms with Gasteiger partial charge in [0, 0.05) is 43.3 Å². The fraction of sp³-hybridized carbons (Fsp3) is 0.652. The van der Waals surface area contributed by atoms with Gasteiger partial charge in [-0.1, -0.05) is 37.0 Å². The third-order valence-electron chi connectivity index (χ3n) is 4.90. The van der Waals surface area contributed by atoms with E-state index in [0.717, 1.165) is 0 Å². The lowest BCUT2D eigenvalue weighted by atomic mass is 10.0. The fourth-order valence-electron chi connectivity index (χ4n) is 3.43. The highest BCUT2D eigenvalue weighted by molar-refractivity contribution is 7.89. The van der Waals surface area contributed by atoms with Gasteiger partial charge in [0.05, 0.1) is 5.02 Å². The maximum absolute atomic E-state index is 12.8. The van der Waals surface area contributed by atoms with E-state index in [0.29, 0.717) is 49.8 Å². The number of urea groups is 2. The van der Waals surface area contributed by atoms with Crippen LogP contribution in [0.3, 0.4) is 0 Å². The molecule has 0 heterocycles. The molecule has 0 saturated carbocycles. The van der Waals surface area contributed by atoms with Crippen molar-refractivity contribution in [1.29, 1.82) is 0 Å². The summed E-state index contributed by atoms with van der Waals surface area (Å²) < 4.78 is 27.6. The lowest BCUT2D eigenvalue weighted by Gasteiger charge is -2.30. The van der Waals surface area contributed by atoms with Gasteiger partial charge in [-0.15, -0.1) is 0 Å². The second-order valence-electron chi connectivity index (χ2n) is 9.06. The quantitative estimate of drug-likeness (QED) is 0.259. The Morgan fingerprint density at radius 1 is 1.06 bits per heavy atom. The van der Waals surface area contributed by atoms with Crippen molar-refractivity contribution in [2.75, 3.05) is 26.2 Å². The summed E-state index contributed by atoms with van der Waals surface area (Å²) in [5.74, 6) is 0.325. The normalized spacial score (nSPS) is 12.5. The van der Waals surface area contributed by atoms with Gasteiger partial charge < -0.3 is 20.9 Å². The number of benzene rings is 1. The Morgan fingerprint density at radius 2 is 1.74 bits per heavy atom. The summed E-state index contributed by atoms with van der Waals surface area (Å²) in [5.41, 5.74) is 0. The first-order valence-electron chi connectivity index (χ1n) is 11.9. The fourth-order valence-corrected chi connectivity index (χ4v) is 5.27. The van der Waals surface area contributed by atoms with Gasteiger partial charge >= 0.3 is 12.1 Å². The summed E-state index contributed by atoms with van der Waals surface area (Å²) in [5, 5.41) is 8.98. The van der Waals surface area contributed by atoms with Crippen molar-refractivity contribution in [2.45, 2.75) is 70.9 Å². The van der Waals surface area contributed by atoms with Crippen LogP contribution in [0.25, 0.3) is 0 Å². The average molecular weight is 553 g/mol. The van der Waals surface area contributed by atoms with E-state index in [2.05, 4.69) is 34.5 Å². The van der Waals surface area contributed by atoms with Gasteiger partial charge in [-0.25, -0.2) is 22.7 Å². The standard InChI is InChI=1S/C23H39Cl2N5O4S/c1-6-26-22(31)29-19(13-16(2)3)15-30(23(32)28-17(4)5)12-8-7-11-27-35(33,34)21-10-9-18(24)14-20(21)25/h9-10,14,16-17,19,27H,6-8,11-13,15H2,1-5H3,(H,28,32)(H2,26,29,31)/t19-/m1/s1. The molecule has 35 heavy (non-hydrogen) atoms. The number of carbonyl (C=O) groups is 2. The predicted molar refractivity (Wildman–Crippen MR) is 142 cm³/mol. The summed E-state index contributed by atoms with van der Waals surface area (Å²) in [6.45, 7) is 11.2. The smallest absolute Gasteiger partial charge is 0.317 e. The van der Waals surface area contributed by atoms with E-state index in [-0.39, 0.29) is 40.6 Å². The Balaban J connectivity index is 2.74. The third-order valence-corrected chi connectivity index (χ3v) is 7.08. The number of nitrogens with one attached hydrogen (secondary N) is 4. The zero-order valence-electron chi connectivity index (χ0n) is 21.2. The largest absolute Gasteiger partial charge is 0.338 e. The maximum Gasteiger partial charge on any atom is 0.317 e. The molecule has 4 N–H and O–H groups in total. The molecular weight excluding hydrogens is 513 g/mol. The van der Waals surface area contributed by atoms with Crippen LogP contribution in [-0.4, -0.2) is 63.6 Å². The Bertz CT molecular complexity index is 928. The molecular formula is C23H39Cl2N5O4S. The Morgan fingerprint density at radius 3 is 2.31 bits per heavy atom. The average Bonchev–Trinajstić information content (AvgIpc) is 2.71. The zero-order valence-corrected chi connectivity index (χ0v) is 23.5. The van der Waals surface area contributed by atoms with Gasteiger partial charge in [-0.05, 0) is 64.2 Å². The van der Waals surface area contributed by atoms with Crippen molar-refractivity contribution in [3.63, 3.8) is 0 Å². The van der Waals surface area contributed by atoms with E-state index in [4.69, 9.17) is 23.2 Å². The van der Waals surface area contributed by atoms with Gasteiger partial charge in [-0.2, -0.15) is 0 Å². The zero-order chi connectivity index (χ0) is 26.6. The first-order chi connectivity index (χ1) is 16.4. The van der Waals surface area contributed by atoms with Crippen LogP contribution in [0.2, 0.25) is 10.0 Å². The number of hydrogen-bond donors (Lipinski definition) is 4. The molecule has 1 aromatic carbocycles. The van der Waals surface area contributed by atoms with Crippen molar-refractivity contribution in [3.8, 4) is 0 Å². The van der Waals surface area contributed by atoms with Crippen molar-refractivity contribution in [1.82, 2.24) is 25.6 Å². The topological polar surface area (TPSA) is 120 Å². The molecule has 200 valence electrons. The molecule has 1 rings (SSSR count). The van der Waals surface area contributed by atoms with E-state index in [1.807, 2.05) is 20.8 Å². The number of amides is 4. The first kappa shape index (κ1) is 31.3. The molecule has 12 heteroatoms. The van der Waals surface area contributed by atoms with E-state index >= 15 is 0 Å². The lowest BCUT2D eigenvalue weighted by molar-refractivity contribution is 0.182. The summed E-state index contributed by atoms with van der Waals surface area (Å²) in [4.78, 5) is 26.5. The summed E-state index contributed by atoms with van der Waals surface area (Å²) >= 11 is 11.9. The second-order valence-corrected chi connectivity index (χ2v) is 11.6. The van der Waals surface area contributed by atoms with Crippen molar-refractivity contribution in [3.05, 3.63) is 28.2 Å². The molecule has 0 saturated heterocycles. The lowest BCUT2D eigenvalue weighted by Crippen LogP contribution is -2.52. The van der Waals surface area contributed by atoms with E-state index in [1.54, 1.807) is 4.90 Å². The summed E-state index contributed by atoms with van der Waals surface area (Å²) in [6.07, 6.45) is 1.79. The van der Waals surface area contributed by atoms with Crippen LogP contribution in [0.1, 0.15) is 53.9 Å². The summed E-state index contributed by atoms with van der Waals surface area (Å²) in [6, 6.07) is 3.46. The molecule has 1 aromatic rings. The Labute approximate surface area is 219 Å². The number of halogens is 2. The van der Waals surface area contributed by atoms with Crippen LogP contribution in [0.4, 0.5) is 9.59 Å². The van der Waals surface area contributed by atoms with Gasteiger partial charge in [0.15, 0.2) is 0 Å². The molecule has 0 aromatic heterocycles. The van der Waals surface area contributed by atoms with Crippen LogP contribution in [-0.2, 0) is 10.0 Å². The van der Waals surface area contributed by atoms with Crippen molar-refractivity contribution < 1.29 is 18.0 Å². The number of nitrogens with zero attached hydrogens (tertiary/aromatic N) is 1. The number of sulfonamides is 1. The highest BCUT2D eigenvalue weighted by Gasteiger charge is 2.22. The maximum atomic E-state index is 12.8. The van der Waals surface area contributed by atoms with Crippen LogP contribution in [0, 0.1) is 5.92 Å². The monoisotopic (exact) mass is 551 g/mol. The van der Waals surface area contributed by atoms with Crippen LogP contribution >= 0.6 is 23.2 Å². The molecule has 4 amide bonds. The summed E-state index contributed by atoms with van der Waals surface area (Å²) in [7, 11) is -3.78. The minimum Gasteiger partial charge on any atom is -0.338 e. The van der Waals surface area contributed by atoms with Crippen molar-refractivity contribution in [2.24, 2.45) is 5.92 Å². The van der Waals surface area contributed by atoms with Crippen LogP contribution in [0.15, 0.2) is 23.1 Å². The van der Waals surface area contributed by atoms with Gasteiger partial charge in [-0.3, -0.25) is 0 Å². The highest BCUT2D eigenvalue weighted by Crippen LogP contribution is 2.24. The van der Waals surface area contributed by atoms with E-state index in [1.165, 1.54) is 18.2 Å². The SMILES string of the molecule is CCNC(=O)N[C@H](CC(C)C)CN(CCCCNS(=O)(=O)c1ccc(Cl)cc1Cl)C(=O)NC(C)C. The highest BCUT2D eigenvalue weighted by atomic mass is 35.5. The van der Waals surface area contributed by atoms with Gasteiger partial charge in [0.25, 0.3) is 0 Å². The number of rotatable bonds is 14.